The Kier molecular flexibility index (Phi) is 8.11. The number of rotatable bonds is 9. The molecular weight excluding hydrogens is 454 g/mol. The van der Waals surface area contributed by atoms with Crippen molar-refractivity contribution in [2.24, 2.45) is 0 Å². The summed E-state index contributed by atoms with van der Waals surface area (Å²) in [6.45, 7) is 6.33. The number of nitrogens with one attached hydrogen (secondary N) is 2. The normalized spacial score (nSPS) is 15.8. The number of nitrogens with zero attached hydrogens (tertiary/aromatic N) is 1. The van der Waals surface area contributed by atoms with Crippen LogP contribution in [0.2, 0.25) is 0 Å². The molecule has 0 aliphatic carbocycles. The highest BCUT2D eigenvalue weighted by atomic mass is 32.2. The lowest BCUT2D eigenvalue weighted by atomic mass is 9.90. The Morgan fingerprint density at radius 3 is 2.44 bits per heavy atom. The molecule has 0 unspecified atom stereocenters. The van der Waals surface area contributed by atoms with Crippen molar-refractivity contribution in [3.63, 3.8) is 0 Å². The van der Waals surface area contributed by atoms with E-state index in [9.17, 15) is 18.0 Å². The summed E-state index contributed by atoms with van der Waals surface area (Å²) in [7, 11) is -2.38. The number of piperidine rings is 1. The number of methoxy groups -OCH3 is 1. The van der Waals surface area contributed by atoms with Crippen LogP contribution < -0.4 is 15.4 Å². The molecule has 0 bridgehead atoms. The van der Waals surface area contributed by atoms with Crippen LogP contribution in [0.3, 0.4) is 0 Å². The minimum Gasteiger partial charge on any atom is -0.496 e. The molecule has 1 fully saturated rings. The highest BCUT2D eigenvalue weighted by Crippen LogP contribution is 2.29. The highest BCUT2D eigenvalue weighted by Gasteiger charge is 2.36. The molecule has 1 saturated heterocycles. The number of amides is 2. The van der Waals surface area contributed by atoms with E-state index in [1.165, 1.54) is 35.7 Å². The fraction of sp³-hybridized carbons (Fsp3) is 0.360. The third-order valence-electron chi connectivity index (χ3n) is 6.03. The first-order chi connectivity index (χ1) is 16.2. The second-order valence-electron chi connectivity index (χ2n) is 8.51. The van der Waals surface area contributed by atoms with Gasteiger partial charge in [-0.2, -0.15) is 4.31 Å². The third kappa shape index (κ3) is 6.03. The van der Waals surface area contributed by atoms with Crippen LogP contribution in [0.15, 0.2) is 66.1 Å². The summed E-state index contributed by atoms with van der Waals surface area (Å²) in [6.07, 6.45) is 2.85. The van der Waals surface area contributed by atoms with Crippen LogP contribution in [-0.4, -0.2) is 56.8 Å². The molecular formula is C25H31N3O5S. The number of sulfonamides is 1. The zero-order valence-corrected chi connectivity index (χ0v) is 20.4. The van der Waals surface area contributed by atoms with Crippen LogP contribution >= 0.6 is 0 Å². The number of benzene rings is 2. The molecule has 1 aliphatic rings. The molecule has 0 spiro atoms. The lowest BCUT2D eigenvalue weighted by molar-refractivity contribution is -0.118. The van der Waals surface area contributed by atoms with Gasteiger partial charge >= 0.3 is 0 Å². The standard InChI is InChI=1S/C25H31N3O5S/c1-4-23(29)27-25(2)13-16-28(17-14-25)34(31,32)20-10-11-21(22(18-20)33-3)24(30)26-15-12-19-8-6-5-7-9-19/h4-11,18H,1,12-17H2,2-3H3,(H,26,30)(H,27,29). The summed E-state index contributed by atoms with van der Waals surface area (Å²) in [5, 5.41) is 5.73. The number of hydrogen-bond acceptors (Lipinski definition) is 5. The number of carbonyl (C=O) groups is 2. The highest BCUT2D eigenvalue weighted by molar-refractivity contribution is 7.89. The minimum atomic E-state index is -3.79. The molecule has 8 nitrogen and oxygen atoms in total. The van der Waals surface area contributed by atoms with Gasteiger partial charge in [0.05, 0.1) is 17.6 Å². The van der Waals surface area contributed by atoms with Gasteiger partial charge in [-0.25, -0.2) is 8.42 Å². The average molecular weight is 486 g/mol. The number of carbonyl (C=O) groups excluding carboxylic acids is 2. The van der Waals surface area contributed by atoms with E-state index < -0.39 is 15.6 Å². The van der Waals surface area contributed by atoms with Crippen LogP contribution in [0, 0.1) is 0 Å². The van der Waals surface area contributed by atoms with Crippen molar-refractivity contribution in [3.05, 3.63) is 72.3 Å². The molecule has 34 heavy (non-hydrogen) atoms. The average Bonchev–Trinajstić information content (AvgIpc) is 2.84. The molecule has 1 aliphatic heterocycles. The SMILES string of the molecule is C=CC(=O)NC1(C)CCN(S(=O)(=O)c2ccc(C(=O)NCCc3ccccc3)c(OC)c2)CC1. The lowest BCUT2D eigenvalue weighted by Gasteiger charge is -2.39. The first kappa shape index (κ1) is 25.5. The van der Waals surface area contributed by atoms with Crippen molar-refractivity contribution in [2.45, 2.75) is 36.6 Å². The molecule has 0 aromatic heterocycles. The van der Waals surface area contributed by atoms with E-state index in [1.807, 2.05) is 37.3 Å². The van der Waals surface area contributed by atoms with Gasteiger partial charge < -0.3 is 15.4 Å². The summed E-state index contributed by atoms with van der Waals surface area (Å²) in [5.41, 5.74) is 0.891. The maximum atomic E-state index is 13.2. The quantitative estimate of drug-likeness (QED) is 0.531. The van der Waals surface area contributed by atoms with Crippen molar-refractivity contribution in [3.8, 4) is 5.75 Å². The largest absolute Gasteiger partial charge is 0.496 e. The predicted molar refractivity (Wildman–Crippen MR) is 130 cm³/mol. The van der Waals surface area contributed by atoms with Crippen LogP contribution in [-0.2, 0) is 21.2 Å². The van der Waals surface area contributed by atoms with Crippen LogP contribution in [0.4, 0.5) is 0 Å². The summed E-state index contributed by atoms with van der Waals surface area (Å²) >= 11 is 0. The molecule has 2 aromatic rings. The van der Waals surface area contributed by atoms with Gasteiger partial charge in [-0.15, -0.1) is 0 Å². The Balaban J connectivity index is 1.67. The molecule has 2 amide bonds. The van der Waals surface area contributed by atoms with E-state index >= 15 is 0 Å². The van der Waals surface area contributed by atoms with E-state index in [0.717, 1.165) is 5.56 Å². The van der Waals surface area contributed by atoms with Crippen molar-refractivity contribution in [1.82, 2.24) is 14.9 Å². The van der Waals surface area contributed by atoms with Gasteiger partial charge in [0.2, 0.25) is 15.9 Å². The Morgan fingerprint density at radius 1 is 1.15 bits per heavy atom. The number of ether oxygens (including phenoxy) is 1. The van der Waals surface area contributed by atoms with Crippen molar-refractivity contribution >= 4 is 21.8 Å². The zero-order valence-electron chi connectivity index (χ0n) is 19.5. The third-order valence-corrected chi connectivity index (χ3v) is 7.93. The van der Waals surface area contributed by atoms with Crippen molar-refractivity contribution in [2.75, 3.05) is 26.7 Å². The van der Waals surface area contributed by atoms with Gasteiger partial charge in [0.25, 0.3) is 5.91 Å². The molecule has 0 radical (unpaired) electrons. The van der Waals surface area contributed by atoms with E-state index in [4.69, 9.17) is 4.74 Å². The second kappa shape index (κ2) is 10.8. The van der Waals surface area contributed by atoms with Gasteiger partial charge in [-0.1, -0.05) is 36.9 Å². The summed E-state index contributed by atoms with van der Waals surface area (Å²) < 4.78 is 33.2. The van der Waals surface area contributed by atoms with Crippen LogP contribution in [0.25, 0.3) is 0 Å². The smallest absolute Gasteiger partial charge is 0.255 e. The monoisotopic (exact) mass is 485 g/mol. The molecule has 3 rings (SSSR count). The van der Waals surface area contributed by atoms with E-state index in [2.05, 4.69) is 17.2 Å². The van der Waals surface area contributed by atoms with Gasteiger partial charge in [-0.3, -0.25) is 9.59 Å². The molecule has 0 atom stereocenters. The maximum absolute atomic E-state index is 13.2. The van der Waals surface area contributed by atoms with E-state index in [0.29, 0.717) is 25.8 Å². The van der Waals surface area contributed by atoms with Crippen LogP contribution in [0.5, 0.6) is 5.75 Å². The molecule has 2 aromatic carbocycles. The molecule has 0 saturated carbocycles. The second-order valence-corrected chi connectivity index (χ2v) is 10.4. The first-order valence-corrected chi connectivity index (χ1v) is 12.6. The Bertz CT molecular complexity index is 1140. The molecule has 9 heteroatoms. The maximum Gasteiger partial charge on any atom is 0.255 e. The number of hydrogen-bond donors (Lipinski definition) is 2. The van der Waals surface area contributed by atoms with Gasteiger partial charge in [0, 0.05) is 31.2 Å². The van der Waals surface area contributed by atoms with Crippen molar-refractivity contribution in [1.29, 1.82) is 0 Å². The Labute approximate surface area is 201 Å². The zero-order chi connectivity index (χ0) is 24.8. The fourth-order valence-electron chi connectivity index (χ4n) is 3.92. The molecule has 182 valence electrons. The van der Waals surface area contributed by atoms with Gasteiger partial charge in [0.15, 0.2) is 0 Å². The lowest BCUT2D eigenvalue weighted by Crippen LogP contribution is -2.53. The van der Waals surface area contributed by atoms with Gasteiger partial charge in [-0.05, 0) is 50.0 Å². The topological polar surface area (TPSA) is 105 Å². The van der Waals surface area contributed by atoms with E-state index in [-0.39, 0.29) is 41.1 Å². The predicted octanol–water partition coefficient (Wildman–Crippen LogP) is 2.51. The van der Waals surface area contributed by atoms with Crippen LogP contribution in [0.1, 0.15) is 35.7 Å². The first-order valence-electron chi connectivity index (χ1n) is 11.1. The Hall–Kier alpha value is -3.17. The Morgan fingerprint density at radius 2 is 1.82 bits per heavy atom. The minimum absolute atomic E-state index is 0.0592. The molecule has 1 heterocycles. The van der Waals surface area contributed by atoms with E-state index in [1.54, 1.807) is 0 Å². The summed E-state index contributed by atoms with van der Waals surface area (Å²) in [6, 6.07) is 14.1. The molecule has 2 N–H and O–H groups in total. The summed E-state index contributed by atoms with van der Waals surface area (Å²) in [4.78, 5) is 24.4. The fourth-order valence-corrected chi connectivity index (χ4v) is 5.38. The van der Waals surface area contributed by atoms with Gasteiger partial charge in [0.1, 0.15) is 5.75 Å². The van der Waals surface area contributed by atoms with Crippen molar-refractivity contribution < 1.29 is 22.7 Å². The summed E-state index contributed by atoms with van der Waals surface area (Å²) in [5.74, 6) is -0.414.